The van der Waals surface area contributed by atoms with E-state index in [1.807, 2.05) is 6.92 Å². The monoisotopic (exact) mass is 255 g/mol. The lowest BCUT2D eigenvalue weighted by atomic mass is 10.0. The number of hydrogen-bond acceptors (Lipinski definition) is 4. The number of nitrogens with two attached hydrogens (primary N) is 1. The molecule has 3 N–H and O–H groups in total. The molecule has 1 saturated carbocycles. The van der Waals surface area contributed by atoms with Crippen LogP contribution in [0.15, 0.2) is 23.2 Å². The Kier molecular flexibility index (Phi) is 3.09. The summed E-state index contributed by atoms with van der Waals surface area (Å²) >= 11 is 0. The number of aromatic nitrogens is 1. The van der Waals surface area contributed by atoms with Crippen LogP contribution < -0.4 is 10.5 Å². The highest BCUT2D eigenvalue weighted by Gasteiger charge is 2.33. The van der Waals surface area contributed by atoms with Gasteiger partial charge in [0.05, 0.1) is 4.90 Å². The van der Waals surface area contributed by atoms with Crippen molar-refractivity contribution in [3.8, 4) is 0 Å². The van der Waals surface area contributed by atoms with Gasteiger partial charge in [-0.05, 0) is 25.8 Å². The molecule has 5 nitrogen and oxygen atoms in total. The zero-order valence-corrected chi connectivity index (χ0v) is 10.6. The highest BCUT2D eigenvalue weighted by Crippen LogP contribution is 2.30. The third-order valence-electron chi connectivity index (χ3n) is 3.15. The Morgan fingerprint density at radius 1 is 1.41 bits per heavy atom. The Labute approximate surface area is 101 Å². The number of rotatable bonds is 3. The van der Waals surface area contributed by atoms with Gasteiger partial charge >= 0.3 is 0 Å². The van der Waals surface area contributed by atoms with Crippen LogP contribution in [0.4, 0.5) is 5.82 Å². The summed E-state index contributed by atoms with van der Waals surface area (Å²) < 4.78 is 27.1. The summed E-state index contributed by atoms with van der Waals surface area (Å²) in [6.45, 7) is 1.95. The number of anilines is 1. The number of nitrogens with one attached hydrogen (secondary N) is 1. The molecule has 0 atom stereocenters. The van der Waals surface area contributed by atoms with E-state index in [1.54, 1.807) is 0 Å². The van der Waals surface area contributed by atoms with Gasteiger partial charge in [-0.15, -0.1) is 0 Å². The van der Waals surface area contributed by atoms with Crippen LogP contribution in [-0.4, -0.2) is 18.9 Å². The van der Waals surface area contributed by atoms with Crippen molar-refractivity contribution in [2.75, 3.05) is 5.73 Å². The third-order valence-corrected chi connectivity index (χ3v) is 4.79. The fourth-order valence-electron chi connectivity index (χ4n) is 2.24. The Morgan fingerprint density at radius 2 is 2.06 bits per heavy atom. The van der Waals surface area contributed by atoms with Crippen molar-refractivity contribution in [3.05, 3.63) is 18.3 Å². The summed E-state index contributed by atoms with van der Waals surface area (Å²) in [5.74, 6) is 0.212. The first-order valence-corrected chi connectivity index (χ1v) is 7.15. The number of sulfonamides is 1. The molecule has 2 rings (SSSR count). The Bertz CT molecular complexity index is 507. The molecule has 1 aromatic rings. The molecule has 0 spiro atoms. The molecular formula is C11H17N3O2S. The van der Waals surface area contributed by atoms with Crippen molar-refractivity contribution in [2.45, 2.75) is 43.0 Å². The molecule has 1 aliphatic rings. The van der Waals surface area contributed by atoms with Crippen LogP contribution in [0.25, 0.3) is 0 Å². The van der Waals surface area contributed by atoms with Gasteiger partial charge in [0.25, 0.3) is 0 Å². The van der Waals surface area contributed by atoms with E-state index in [2.05, 4.69) is 9.71 Å². The Morgan fingerprint density at radius 3 is 2.65 bits per heavy atom. The minimum absolute atomic E-state index is 0.179. The first-order chi connectivity index (χ1) is 7.91. The molecule has 0 radical (unpaired) electrons. The lowest BCUT2D eigenvalue weighted by molar-refractivity contribution is 0.427. The average Bonchev–Trinajstić information content (AvgIpc) is 2.64. The molecule has 0 bridgehead atoms. The second-order valence-electron chi connectivity index (χ2n) is 4.79. The van der Waals surface area contributed by atoms with Crippen molar-refractivity contribution >= 4 is 15.8 Å². The van der Waals surface area contributed by atoms with E-state index >= 15 is 0 Å². The molecule has 1 fully saturated rings. The Hall–Kier alpha value is -1.14. The van der Waals surface area contributed by atoms with Crippen molar-refractivity contribution in [2.24, 2.45) is 0 Å². The predicted octanol–water partition coefficient (Wildman–Crippen LogP) is 1.27. The summed E-state index contributed by atoms with van der Waals surface area (Å²) in [6, 6.07) is 2.83. The second-order valence-corrected chi connectivity index (χ2v) is 6.47. The van der Waals surface area contributed by atoms with Crippen LogP contribution in [0.3, 0.4) is 0 Å². The highest BCUT2D eigenvalue weighted by atomic mass is 32.2. The molecule has 0 saturated heterocycles. The van der Waals surface area contributed by atoms with E-state index in [0.717, 1.165) is 25.7 Å². The molecule has 1 aliphatic carbocycles. The van der Waals surface area contributed by atoms with Gasteiger partial charge in [0, 0.05) is 17.8 Å². The number of hydrogen-bond donors (Lipinski definition) is 2. The first-order valence-electron chi connectivity index (χ1n) is 5.67. The van der Waals surface area contributed by atoms with Gasteiger partial charge in [0.2, 0.25) is 10.0 Å². The molecule has 0 aliphatic heterocycles. The molecule has 0 unspecified atom stereocenters. The quantitative estimate of drug-likeness (QED) is 0.852. The number of pyridine rings is 1. The summed E-state index contributed by atoms with van der Waals surface area (Å²) in [5, 5.41) is 0. The maximum atomic E-state index is 12.2. The van der Waals surface area contributed by atoms with E-state index in [1.165, 1.54) is 18.3 Å². The smallest absolute Gasteiger partial charge is 0.241 e. The van der Waals surface area contributed by atoms with Crippen LogP contribution in [0.2, 0.25) is 0 Å². The van der Waals surface area contributed by atoms with Crippen LogP contribution in [0.1, 0.15) is 32.6 Å². The van der Waals surface area contributed by atoms with Crippen LogP contribution >= 0.6 is 0 Å². The predicted molar refractivity (Wildman–Crippen MR) is 65.8 cm³/mol. The molecule has 0 amide bonds. The topological polar surface area (TPSA) is 85.1 Å². The average molecular weight is 255 g/mol. The Balaban J connectivity index is 2.25. The first kappa shape index (κ1) is 12.3. The fraction of sp³-hybridized carbons (Fsp3) is 0.545. The largest absolute Gasteiger partial charge is 0.384 e. The molecule has 6 heteroatoms. The minimum atomic E-state index is -3.49. The van der Waals surface area contributed by atoms with E-state index in [0.29, 0.717) is 0 Å². The molecule has 17 heavy (non-hydrogen) atoms. The standard InChI is InChI=1S/C11H17N3O2S/c1-11(5-2-3-6-11)14-17(15,16)9-4-7-13-10(12)8-9/h4,7-8,14H,2-3,5-6H2,1H3,(H2,12,13). The maximum Gasteiger partial charge on any atom is 0.241 e. The second kappa shape index (κ2) is 4.27. The normalized spacial score (nSPS) is 19.4. The lowest BCUT2D eigenvalue weighted by Gasteiger charge is -2.24. The molecule has 94 valence electrons. The van der Waals surface area contributed by atoms with E-state index in [-0.39, 0.29) is 16.3 Å². The number of nitrogen functional groups attached to an aromatic ring is 1. The van der Waals surface area contributed by atoms with Gasteiger partial charge in [0.1, 0.15) is 5.82 Å². The van der Waals surface area contributed by atoms with Crippen LogP contribution in [0, 0.1) is 0 Å². The van der Waals surface area contributed by atoms with Gasteiger partial charge in [-0.2, -0.15) is 0 Å². The number of nitrogens with zero attached hydrogens (tertiary/aromatic N) is 1. The van der Waals surface area contributed by atoms with E-state index in [9.17, 15) is 8.42 Å². The maximum absolute atomic E-state index is 12.2. The molecular weight excluding hydrogens is 238 g/mol. The van der Waals surface area contributed by atoms with Crippen molar-refractivity contribution in [1.29, 1.82) is 0 Å². The SMILES string of the molecule is CC1(NS(=O)(=O)c2ccnc(N)c2)CCCC1. The third kappa shape index (κ3) is 2.76. The molecule has 1 aromatic heterocycles. The van der Waals surface area contributed by atoms with E-state index < -0.39 is 10.0 Å². The van der Waals surface area contributed by atoms with Crippen LogP contribution in [-0.2, 0) is 10.0 Å². The zero-order valence-electron chi connectivity index (χ0n) is 9.81. The lowest BCUT2D eigenvalue weighted by Crippen LogP contribution is -2.43. The summed E-state index contributed by atoms with van der Waals surface area (Å²) in [6.07, 6.45) is 5.30. The van der Waals surface area contributed by atoms with Crippen molar-refractivity contribution < 1.29 is 8.42 Å². The minimum Gasteiger partial charge on any atom is -0.384 e. The summed E-state index contributed by atoms with van der Waals surface area (Å²) in [7, 11) is -3.49. The van der Waals surface area contributed by atoms with Gasteiger partial charge in [-0.1, -0.05) is 12.8 Å². The zero-order chi connectivity index (χ0) is 12.5. The van der Waals surface area contributed by atoms with E-state index in [4.69, 9.17) is 5.73 Å². The van der Waals surface area contributed by atoms with Crippen molar-refractivity contribution in [3.63, 3.8) is 0 Å². The van der Waals surface area contributed by atoms with Gasteiger partial charge in [0.15, 0.2) is 0 Å². The molecule has 0 aromatic carbocycles. The van der Waals surface area contributed by atoms with Gasteiger partial charge in [-0.3, -0.25) is 0 Å². The van der Waals surface area contributed by atoms with Crippen molar-refractivity contribution in [1.82, 2.24) is 9.71 Å². The summed E-state index contributed by atoms with van der Waals surface area (Å²) in [5.41, 5.74) is 5.17. The van der Waals surface area contributed by atoms with Gasteiger partial charge < -0.3 is 5.73 Å². The molecule has 1 heterocycles. The van der Waals surface area contributed by atoms with Crippen LogP contribution in [0.5, 0.6) is 0 Å². The fourth-order valence-corrected chi connectivity index (χ4v) is 3.72. The highest BCUT2D eigenvalue weighted by molar-refractivity contribution is 7.89. The summed E-state index contributed by atoms with van der Waals surface area (Å²) in [4.78, 5) is 3.97. The van der Waals surface area contributed by atoms with Gasteiger partial charge in [-0.25, -0.2) is 18.1 Å².